The van der Waals surface area contributed by atoms with Crippen molar-refractivity contribution in [3.63, 3.8) is 0 Å². The fourth-order valence-electron chi connectivity index (χ4n) is 1.98. The highest BCUT2D eigenvalue weighted by Gasteiger charge is 2.34. The van der Waals surface area contributed by atoms with E-state index in [1.807, 2.05) is 0 Å². The minimum atomic E-state index is -4.70. The summed E-state index contributed by atoms with van der Waals surface area (Å²) >= 11 is 11.5. The number of carboxylic acids is 1. The van der Waals surface area contributed by atoms with Gasteiger partial charge in [0.15, 0.2) is 0 Å². The lowest BCUT2D eigenvalue weighted by atomic mass is 10.1. The largest absolute Gasteiger partial charge is 0.477 e. The maximum Gasteiger partial charge on any atom is 0.418 e. The first-order valence-corrected chi connectivity index (χ1v) is 7.34. The first-order valence-electron chi connectivity index (χ1n) is 6.59. The predicted octanol–water partition coefficient (Wildman–Crippen LogP) is 3.88. The maximum atomic E-state index is 12.8. The van der Waals surface area contributed by atoms with Gasteiger partial charge in [-0.1, -0.05) is 23.2 Å². The van der Waals surface area contributed by atoms with Crippen LogP contribution >= 0.6 is 23.2 Å². The van der Waals surface area contributed by atoms with Crippen LogP contribution in [0.25, 0.3) is 11.8 Å². The van der Waals surface area contributed by atoms with Gasteiger partial charge in [0.25, 0.3) is 5.56 Å². The van der Waals surface area contributed by atoms with E-state index in [9.17, 15) is 22.8 Å². The Morgan fingerprint density at radius 3 is 2.56 bits per heavy atom. The maximum absolute atomic E-state index is 12.8. The Morgan fingerprint density at radius 2 is 2.00 bits per heavy atom. The van der Waals surface area contributed by atoms with Gasteiger partial charge in [0, 0.05) is 10.6 Å². The molecule has 0 amide bonds. The number of carboxylic acid groups (broad SMARTS) is 1. The van der Waals surface area contributed by atoms with Crippen molar-refractivity contribution >= 4 is 35.2 Å². The molecule has 2 aromatic rings. The molecule has 1 aromatic heterocycles. The number of nitrogens with zero attached hydrogens (tertiary/aromatic N) is 2. The Morgan fingerprint density at radius 1 is 1.36 bits per heavy atom. The van der Waals surface area contributed by atoms with E-state index in [0.717, 1.165) is 17.7 Å². The third kappa shape index (κ3) is 4.02. The van der Waals surface area contributed by atoms with E-state index in [0.29, 0.717) is 6.20 Å². The molecule has 0 unspecified atom stereocenters. The number of carbonyl (C=O) groups is 1. The number of alkyl halides is 3. The summed E-state index contributed by atoms with van der Waals surface area (Å²) < 4.78 is 39.2. The molecule has 1 aromatic carbocycles. The zero-order valence-corrected chi connectivity index (χ0v) is 13.9. The lowest BCUT2D eigenvalue weighted by Gasteiger charge is -2.12. The van der Waals surface area contributed by atoms with Crippen molar-refractivity contribution < 1.29 is 23.1 Å². The smallest absolute Gasteiger partial charge is 0.418 e. The second-order valence-corrected chi connectivity index (χ2v) is 5.72. The van der Waals surface area contributed by atoms with E-state index < -0.39 is 33.9 Å². The monoisotopic (exact) mass is 392 g/mol. The van der Waals surface area contributed by atoms with Gasteiger partial charge in [0.05, 0.1) is 17.4 Å². The molecule has 0 saturated heterocycles. The predicted molar refractivity (Wildman–Crippen MR) is 86.0 cm³/mol. The molecule has 5 nitrogen and oxygen atoms in total. The minimum absolute atomic E-state index is 0.104. The Kier molecular flexibility index (Phi) is 5.24. The van der Waals surface area contributed by atoms with E-state index in [-0.39, 0.29) is 16.3 Å². The SMILES string of the molecule is Cc1c(C(F)(F)F)cnn(-c2ccc(Cl)c(/C=C(\Cl)C(=O)O)c2)c1=O. The first-order chi connectivity index (χ1) is 11.5. The first kappa shape index (κ1) is 19.0. The summed E-state index contributed by atoms with van der Waals surface area (Å²) in [5, 5.41) is 11.9. The number of halogens is 5. The number of benzene rings is 1. The van der Waals surface area contributed by atoms with Gasteiger partial charge >= 0.3 is 12.1 Å². The summed E-state index contributed by atoms with van der Waals surface area (Å²) in [6, 6.07) is 3.99. The molecule has 25 heavy (non-hydrogen) atoms. The average Bonchev–Trinajstić information content (AvgIpc) is 2.50. The fourth-order valence-corrected chi connectivity index (χ4v) is 2.27. The molecule has 0 aliphatic heterocycles. The topological polar surface area (TPSA) is 72.2 Å². The van der Waals surface area contributed by atoms with Gasteiger partial charge in [0.2, 0.25) is 0 Å². The fraction of sp³-hybridized carbons (Fsp3) is 0.133. The molecule has 0 bridgehead atoms. The van der Waals surface area contributed by atoms with Crippen molar-refractivity contribution in [3.8, 4) is 5.69 Å². The van der Waals surface area contributed by atoms with E-state index in [1.165, 1.54) is 18.2 Å². The summed E-state index contributed by atoms with van der Waals surface area (Å²) in [7, 11) is 0. The third-order valence-electron chi connectivity index (χ3n) is 3.24. The molecule has 2 rings (SSSR count). The zero-order chi connectivity index (χ0) is 18.9. The lowest BCUT2D eigenvalue weighted by Crippen LogP contribution is -2.27. The molecule has 0 aliphatic rings. The Balaban J connectivity index is 2.61. The van der Waals surface area contributed by atoms with Crippen LogP contribution in [0.1, 0.15) is 16.7 Å². The number of hydrogen-bond donors (Lipinski definition) is 1. The highest BCUT2D eigenvalue weighted by molar-refractivity contribution is 6.43. The van der Waals surface area contributed by atoms with Crippen molar-refractivity contribution in [1.29, 1.82) is 0 Å². The number of aromatic nitrogens is 2. The molecule has 0 saturated carbocycles. The Bertz CT molecular complexity index is 937. The molecule has 0 spiro atoms. The molecule has 1 heterocycles. The van der Waals surface area contributed by atoms with Gasteiger partial charge in [-0.2, -0.15) is 23.0 Å². The molecular weight excluding hydrogens is 384 g/mol. The van der Waals surface area contributed by atoms with Crippen LogP contribution in [-0.4, -0.2) is 20.9 Å². The zero-order valence-electron chi connectivity index (χ0n) is 12.4. The van der Waals surface area contributed by atoms with Gasteiger partial charge in [-0.25, -0.2) is 4.79 Å². The van der Waals surface area contributed by atoms with Gasteiger partial charge < -0.3 is 5.11 Å². The van der Waals surface area contributed by atoms with Crippen molar-refractivity contribution in [1.82, 2.24) is 9.78 Å². The second-order valence-electron chi connectivity index (χ2n) is 4.90. The molecule has 0 fully saturated rings. The molecule has 0 atom stereocenters. The molecule has 10 heteroatoms. The summed E-state index contributed by atoms with van der Waals surface area (Å²) in [4.78, 5) is 23.0. The van der Waals surface area contributed by atoms with Gasteiger partial charge in [-0.15, -0.1) is 0 Å². The average molecular weight is 393 g/mol. The molecule has 0 radical (unpaired) electrons. The third-order valence-corrected chi connectivity index (χ3v) is 3.85. The standard InChI is InChI=1S/C15H9Cl2F3N2O3/c1-7-10(15(18,19)20)6-21-22(13(7)23)9-2-3-11(16)8(4-9)5-12(17)14(24)25/h2-6H,1H3,(H,24,25)/b12-5-. The lowest BCUT2D eigenvalue weighted by molar-refractivity contribution is -0.138. The van der Waals surface area contributed by atoms with Crippen LogP contribution in [0.5, 0.6) is 0 Å². The van der Waals surface area contributed by atoms with Crippen LogP contribution in [0.2, 0.25) is 5.02 Å². The van der Waals surface area contributed by atoms with Crippen LogP contribution in [0.3, 0.4) is 0 Å². The van der Waals surface area contributed by atoms with E-state index in [4.69, 9.17) is 28.3 Å². The van der Waals surface area contributed by atoms with Crippen LogP contribution in [0, 0.1) is 6.92 Å². The second kappa shape index (κ2) is 6.89. The summed E-state index contributed by atoms with van der Waals surface area (Å²) in [6.45, 7) is 1.04. The van der Waals surface area contributed by atoms with Crippen molar-refractivity contribution in [2.45, 2.75) is 13.1 Å². The van der Waals surface area contributed by atoms with E-state index >= 15 is 0 Å². The molecule has 0 aliphatic carbocycles. The normalized spacial score (nSPS) is 12.3. The van der Waals surface area contributed by atoms with Gasteiger partial charge in [-0.05, 0) is 36.8 Å². The summed E-state index contributed by atoms with van der Waals surface area (Å²) in [5.41, 5.74) is -2.34. The Hall–Kier alpha value is -2.32. The minimum Gasteiger partial charge on any atom is -0.477 e. The number of hydrogen-bond acceptors (Lipinski definition) is 3. The quantitative estimate of drug-likeness (QED) is 0.804. The van der Waals surface area contributed by atoms with Crippen molar-refractivity contribution in [2.24, 2.45) is 0 Å². The van der Waals surface area contributed by atoms with Gasteiger partial charge in [0.1, 0.15) is 5.03 Å². The highest BCUT2D eigenvalue weighted by atomic mass is 35.5. The van der Waals surface area contributed by atoms with Crippen LogP contribution < -0.4 is 5.56 Å². The summed E-state index contributed by atoms with van der Waals surface area (Å²) in [5.74, 6) is -1.39. The van der Waals surface area contributed by atoms with Crippen LogP contribution in [0.15, 0.2) is 34.2 Å². The van der Waals surface area contributed by atoms with Crippen molar-refractivity contribution in [3.05, 3.63) is 61.5 Å². The highest BCUT2D eigenvalue weighted by Crippen LogP contribution is 2.30. The number of rotatable bonds is 3. The molecule has 1 N–H and O–H groups in total. The molecule has 132 valence electrons. The van der Waals surface area contributed by atoms with Crippen LogP contribution in [0.4, 0.5) is 13.2 Å². The van der Waals surface area contributed by atoms with Gasteiger partial charge in [-0.3, -0.25) is 4.79 Å². The Labute approximate surface area is 148 Å². The van der Waals surface area contributed by atoms with E-state index in [1.54, 1.807) is 0 Å². The summed E-state index contributed by atoms with van der Waals surface area (Å²) in [6.07, 6.45) is -3.10. The number of aliphatic carboxylic acids is 1. The van der Waals surface area contributed by atoms with Crippen LogP contribution in [-0.2, 0) is 11.0 Å². The molecular formula is C15H9Cl2F3N2O3. The van der Waals surface area contributed by atoms with E-state index in [2.05, 4.69) is 5.10 Å². The van der Waals surface area contributed by atoms with Crippen molar-refractivity contribution in [2.75, 3.05) is 0 Å².